The second-order valence-electron chi connectivity index (χ2n) is 4.25. The molecule has 1 unspecified atom stereocenters. The van der Waals surface area contributed by atoms with Gasteiger partial charge in [0.1, 0.15) is 0 Å². The Morgan fingerprint density at radius 2 is 2.35 bits per heavy atom. The normalized spacial score (nSPS) is 18.9. The van der Waals surface area contributed by atoms with Crippen molar-refractivity contribution in [1.82, 2.24) is 5.32 Å². The largest absolute Gasteiger partial charge is 0.355 e. The molecule has 1 aliphatic heterocycles. The maximum absolute atomic E-state index is 11.9. The predicted octanol–water partition coefficient (Wildman–Crippen LogP) is 1.32. The summed E-state index contributed by atoms with van der Waals surface area (Å²) in [5, 5.41) is 5.51. The van der Waals surface area contributed by atoms with E-state index >= 15 is 0 Å². The molecule has 0 bridgehead atoms. The Kier molecular flexibility index (Phi) is 3.42. The first-order chi connectivity index (χ1) is 8.19. The van der Waals surface area contributed by atoms with Gasteiger partial charge in [-0.1, -0.05) is 19.1 Å². The molecule has 17 heavy (non-hydrogen) atoms. The Bertz CT molecular complexity index is 443. The van der Waals surface area contributed by atoms with E-state index < -0.39 is 0 Å². The molecule has 1 fully saturated rings. The van der Waals surface area contributed by atoms with Gasteiger partial charge >= 0.3 is 0 Å². The minimum atomic E-state index is -0.243. The van der Waals surface area contributed by atoms with E-state index in [1.54, 1.807) is 0 Å². The van der Waals surface area contributed by atoms with Crippen molar-refractivity contribution >= 4 is 17.5 Å². The molecule has 2 N–H and O–H groups in total. The van der Waals surface area contributed by atoms with Gasteiger partial charge < -0.3 is 10.6 Å². The summed E-state index contributed by atoms with van der Waals surface area (Å²) in [5.41, 5.74) is 1.98. The van der Waals surface area contributed by atoms with E-state index in [9.17, 15) is 9.59 Å². The Balaban J connectivity index is 2.00. The molecule has 0 aromatic heterocycles. The van der Waals surface area contributed by atoms with Gasteiger partial charge in [0, 0.05) is 18.7 Å². The fraction of sp³-hybridized carbons (Fsp3) is 0.385. The lowest BCUT2D eigenvalue weighted by atomic mass is 10.1. The fourth-order valence-electron chi connectivity index (χ4n) is 1.90. The van der Waals surface area contributed by atoms with Crippen LogP contribution in [0.3, 0.4) is 0 Å². The predicted molar refractivity (Wildman–Crippen MR) is 65.6 cm³/mol. The highest BCUT2D eigenvalue weighted by Crippen LogP contribution is 2.15. The number of hydrogen-bond acceptors (Lipinski definition) is 2. The zero-order valence-electron chi connectivity index (χ0n) is 9.82. The van der Waals surface area contributed by atoms with Crippen molar-refractivity contribution in [2.75, 3.05) is 11.9 Å². The number of hydrogen-bond donors (Lipinski definition) is 2. The maximum atomic E-state index is 11.9. The average molecular weight is 232 g/mol. The van der Waals surface area contributed by atoms with Crippen LogP contribution in [-0.4, -0.2) is 18.4 Å². The molecule has 1 heterocycles. The zero-order valence-corrected chi connectivity index (χ0v) is 9.82. The SMILES string of the molecule is CCc1cccc(NC(=O)C2CNC(=O)C2)c1. The van der Waals surface area contributed by atoms with Gasteiger partial charge in [-0.05, 0) is 24.1 Å². The molecule has 2 amide bonds. The first kappa shape index (κ1) is 11.6. The van der Waals surface area contributed by atoms with E-state index in [0.717, 1.165) is 12.1 Å². The summed E-state index contributed by atoms with van der Waals surface area (Å²) in [6.45, 7) is 2.51. The van der Waals surface area contributed by atoms with Crippen molar-refractivity contribution in [3.63, 3.8) is 0 Å². The number of rotatable bonds is 3. The van der Waals surface area contributed by atoms with Crippen molar-refractivity contribution in [2.45, 2.75) is 19.8 Å². The molecular weight excluding hydrogens is 216 g/mol. The second kappa shape index (κ2) is 4.99. The Labute approximate surface area is 100 Å². The molecule has 1 aromatic rings. The topological polar surface area (TPSA) is 58.2 Å². The van der Waals surface area contributed by atoms with Crippen LogP contribution in [0.5, 0.6) is 0 Å². The molecule has 90 valence electrons. The van der Waals surface area contributed by atoms with E-state index in [4.69, 9.17) is 0 Å². The van der Waals surface area contributed by atoms with Crippen molar-refractivity contribution in [2.24, 2.45) is 5.92 Å². The standard InChI is InChI=1S/C13H16N2O2/c1-2-9-4-3-5-11(6-9)15-13(17)10-7-12(16)14-8-10/h3-6,10H,2,7-8H2,1H3,(H,14,16)(H,15,17). The van der Waals surface area contributed by atoms with Crippen LogP contribution in [0.4, 0.5) is 5.69 Å². The Hall–Kier alpha value is -1.84. The maximum Gasteiger partial charge on any atom is 0.229 e. The lowest BCUT2D eigenvalue weighted by Crippen LogP contribution is -2.24. The number of nitrogens with one attached hydrogen (secondary N) is 2. The summed E-state index contributed by atoms with van der Waals surface area (Å²) in [6.07, 6.45) is 1.23. The van der Waals surface area contributed by atoms with Crippen molar-refractivity contribution < 1.29 is 9.59 Å². The molecule has 0 radical (unpaired) electrons. The van der Waals surface area contributed by atoms with E-state index in [1.807, 2.05) is 24.3 Å². The number of anilines is 1. The molecule has 1 aromatic carbocycles. The summed E-state index contributed by atoms with van der Waals surface area (Å²) in [4.78, 5) is 22.9. The minimum Gasteiger partial charge on any atom is -0.355 e. The van der Waals surface area contributed by atoms with Gasteiger partial charge in [-0.15, -0.1) is 0 Å². The van der Waals surface area contributed by atoms with Gasteiger partial charge in [0.25, 0.3) is 0 Å². The molecule has 4 heteroatoms. The molecule has 0 spiro atoms. The lowest BCUT2D eigenvalue weighted by Gasteiger charge is -2.09. The van der Waals surface area contributed by atoms with Crippen LogP contribution in [0, 0.1) is 5.92 Å². The highest BCUT2D eigenvalue weighted by molar-refractivity contribution is 5.97. The van der Waals surface area contributed by atoms with Gasteiger partial charge in [0.15, 0.2) is 0 Å². The molecular formula is C13H16N2O2. The average Bonchev–Trinajstić information content (AvgIpc) is 2.76. The zero-order chi connectivity index (χ0) is 12.3. The Morgan fingerprint density at radius 1 is 1.53 bits per heavy atom. The number of aryl methyl sites for hydroxylation is 1. The first-order valence-electron chi connectivity index (χ1n) is 5.85. The number of carbonyl (C=O) groups is 2. The van der Waals surface area contributed by atoms with Gasteiger partial charge in [-0.3, -0.25) is 9.59 Å². The highest BCUT2D eigenvalue weighted by Gasteiger charge is 2.27. The molecule has 0 saturated carbocycles. The number of amides is 2. The Morgan fingerprint density at radius 3 is 3.00 bits per heavy atom. The van der Waals surface area contributed by atoms with Crippen LogP contribution in [0.15, 0.2) is 24.3 Å². The quantitative estimate of drug-likeness (QED) is 0.825. The minimum absolute atomic E-state index is 0.0486. The van der Waals surface area contributed by atoms with E-state index in [-0.39, 0.29) is 17.7 Å². The summed E-state index contributed by atoms with van der Waals surface area (Å²) >= 11 is 0. The van der Waals surface area contributed by atoms with Crippen LogP contribution < -0.4 is 10.6 Å². The highest BCUT2D eigenvalue weighted by atomic mass is 16.2. The molecule has 1 atom stereocenters. The number of carbonyl (C=O) groups excluding carboxylic acids is 2. The van der Waals surface area contributed by atoms with Crippen LogP contribution >= 0.6 is 0 Å². The van der Waals surface area contributed by atoms with Crippen LogP contribution in [0.2, 0.25) is 0 Å². The molecule has 1 aliphatic rings. The van der Waals surface area contributed by atoms with Crippen molar-refractivity contribution in [1.29, 1.82) is 0 Å². The molecule has 4 nitrogen and oxygen atoms in total. The van der Waals surface area contributed by atoms with Gasteiger partial charge in [0.2, 0.25) is 11.8 Å². The monoisotopic (exact) mass is 232 g/mol. The smallest absolute Gasteiger partial charge is 0.229 e. The third-order valence-corrected chi connectivity index (χ3v) is 2.95. The molecule has 1 saturated heterocycles. The summed E-state index contributed by atoms with van der Waals surface area (Å²) in [5.74, 6) is -0.378. The van der Waals surface area contributed by atoms with E-state index in [1.165, 1.54) is 5.56 Å². The van der Waals surface area contributed by atoms with Crippen LogP contribution in [-0.2, 0) is 16.0 Å². The van der Waals surface area contributed by atoms with E-state index in [0.29, 0.717) is 13.0 Å². The first-order valence-corrected chi connectivity index (χ1v) is 5.85. The van der Waals surface area contributed by atoms with Gasteiger partial charge in [-0.2, -0.15) is 0 Å². The molecule has 0 aliphatic carbocycles. The van der Waals surface area contributed by atoms with Crippen molar-refractivity contribution in [3.05, 3.63) is 29.8 Å². The van der Waals surface area contributed by atoms with Crippen LogP contribution in [0.25, 0.3) is 0 Å². The third-order valence-electron chi connectivity index (χ3n) is 2.95. The third kappa shape index (κ3) is 2.84. The summed E-state index contributed by atoms with van der Waals surface area (Å²) < 4.78 is 0. The number of benzene rings is 1. The molecule has 2 rings (SSSR count). The van der Waals surface area contributed by atoms with Crippen LogP contribution in [0.1, 0.15) is 18.9 Å². The lowest BCUT2D eigenvalue weighted by molar-refractivity contribution is -0.123. The summed E-state index contributed by atoms with van der Waals surface area (Å²) in [6, 6.07) is 7.77. The van der Waals surface area contributed by atoms with E-state index in [2.05, 4.69) is 17.6 Å². The van der Waals surface area contributed by atoms with Crippen molar-refractivity contribution in [3.8, 4) is 0 Å². The fourth-order valence-corrected chi connectivity index (χ4v) is 1.90. The second-order valence-corrected chi connectivity index (χ2v) is 4.25. The van der Waals surface area contributed by atoms with Gasteiger partial charge in [-0.25, -0.2) is 0 Å². The summed E-state index contributed by atoms with van der Waals surface area (Å²) in [7, 11) is 0. The van der Waals surface area contributed by atoms with Gasteiger partial charge in [0.05, 0.1) is 5.92 Å².